The van der Waals surface area contributed by atoms with E-state index in [1.165, 1.54) is 11.1 Å². The summed E-state index contributed by atoms with van der Waals surface area (Å²) in [5, 5.41) is 0. The smallest absolute Gasteiger partial charge is 0.330 e. The van der Waals surface area contributed by atoms with Crippen LogP contribution in [-0.4, -0.2) is 25.2 Å². The van der Waals surface area contributed by atoms with Crippen molar-refractivity contribution >= 4 is 11.9 Å². The Morgan fingerprint density at radius 3 is 2.06 bits per heavy atom. The topological polar surface area (TPSA) is 52.6 Å². The third-order valence-electron chi connectivity index (χ3n) is 4.90. The normalized spacial score (nSPS) is 12.5. The van der Waals surface area contributed by atoms with Crippen molar-refractivity contribution < 1.29 is 19.1 Å². The van der Waals surface area contributed by atoms with Gasteiger partial charge in [-0.05, 0) is 93.4 Å². The molecule has 0 rings (SSSR count). The van der Waals surface area contributed by atoms with Crippen LogP contribution >= 0.6 is 0 Å². The van der Waals surface area contributed by atoms with Crippen LogP contribution in [0.5, 0.6) is 0 Å². The average molecular weight is 435 g/mol. The number of carbonyl (C=O) groups excluding carboxylic acids is 2. The van der Waals surface area contributed by atoms with Crippen molar-refractivity contribution in [2.24, 2.45) is 5.41 Å². The Hall–Kier alpha value is -1.84. The largest absolute Gasteiger partial charge is 0.465 e. The summed E-state index contributed by atoms with van der Waals surface area (Å²) < 4.78 is 10.4. The van der Waals surface area contributed by atoms with Gasteiger partial charge in [0.05, 0.1) is 18.6 Å². The number of ether oxygens (including phenoxy) is 2. The fraction of sp³-hybridized carbons (Fsp3) is 0.704. The van der Waals surface area contributed by atoms with Crippen LogP contribution in [0, 0.1) is 5.41 Å². The second-order valence-electron chi connectivity index (χ2n) is 9.51. The predicted molar refractivity (Wildman–Crippen MR) is 130 cm³/mol. The zero-order valence-corrected chi connectivity index (χ0v) is 21.1. The highest BCUT2D eigenvalue weighted by molar-refractivity contribution is 5.82. The van der Waals surface area contributed by atoms with Crippen LogP contribution in [0.15, 0.2) is 34.9 Å². The van der Waals surface area contributed by atoms with Crippen molar-refractivity contribution in [2.45, 2.75) is 106 Å². The van der Waals surface area contributed by atoms with E-state index in [2.05, 4.69) is 32.9 Å². The third kappa shape index (κ3) is 17.5. The highest BCUT2D eigenvalue weighted by Gasteiger charge is 2.22. The molecular formula is C27H46O4. The summed E-state index contributed by atoms with van der Waals surface area (Å²) >= 11 is 0. The lowest BCUT2D eigenvalue weighted by molar-refractivity contribution is -0.153. The molecule has 0 radical (unpaired) electrons. The molecule has 0 heterocycles. The highest BCUT2D eigenvalue weighted by Crippen LogP contribution is 2.19. The van der Waals surface area contributed by atoms with Crippen molar-refractivity contribution in [1.82, 2.24) is 0 Å². The molecule has 178 valence electrons. The lowest BCUT2D eigenvalue weighted by atomic mass is 9.97. The van der Waals surface area contributed by atoms with Crippen LogP contribution < -0.4 is 0 Å². The third-order valence-corrected chi connectivity index (χ3v) is 4.90. The van der Waals surface area contributed by atoms with Gasteiger partial charge < -0.3 is 9.47 Å². The summed E-state index contributed by atoms with van der Waals surface area (Å²) in [5.74, 6) is -0.382. The predicted octanol–water partition coefficient (Wildman–Crippen LogP) is 7.49. The van der Waals surface area contributed by atoms with Crippen LogP contribution in [-0.2, 0) is 19.1 Å². The summed E-state index contributed by atoms with van der Waals surface area (Å²) in [7, 11) is 0. The first-order valence-corrected chi connectivity index (χ1v) is 11.9. The quantitative estimate of drug-likeness (QED) is 0.116. The van der Waals surface area contributed by atoms with Gasteiger partial charge >= 0.3 is 11.9 Å². The number of carbonyl (C=O) groups is 2. The summed E-state index contributed by atoms with van der Waals surface area (Å²) in [6.07, 6.45) is 15.2. The second kappa shape index (κ2) is 16.8. The van der Waals surface area contributed by atoms with E-state index in [0.717, 1.165) is 63.4 Å². The van der Waals surface area contributed by atoms with E-state index in [9.17, 15) is 9.59 Å². The van der Waals surface area contributed by atoms with E-state index in [0.29, 0.717) is 13.2 Å². The molecule has 0 fully saturated rings. The van der Waals surface area contributed by atoms with E-state index >= 15 is 0 Å². The standard InChI is InChI=1S/C27H46O4/c1-8-30-25(28)21-24(19-14-17-23(4)16-13-15-22(2)3)18-11-9-10-12-20-31-26(29)27(5,6)7/h15,17,21H,8-14,16,18-20H2,1-7H3/b23-17+,24-21+. The molecule has 0 aromatic carbocycles. The Bertz CT molecular complexity index is 614. The zero-order valence-electron chi connectivity index (χ0n) is 21.1. The number of rotatable bonds is 15. The molecule has 0 saturated carbocycles. The summed E-state index contributed by atoms with van der Waals surface area (Å²) in [6.45, 7) is 14.8. The molecule has 0 aliphatic carbocycles. The minimum atomic E-state index is -0.439. The van der Waals surface area contributed by atoms with E-state index in [-0.39, 0.29) is 11.9 Å². The van der Waals surface area contributed by atoms with Gasteiger partial charge in [0.15, 0.2) is 0 Å². The van der Waals surface area contributed by atoms with Crippen LogP contribution in [0.4, 0.5) is 0 Å². The molecule has 0 N–H and O–H groups in total. The van der Waals surface area contributed by atoms with Crippen molar-refractivity contribution in [3.63, 3.8) is 0 Å². The molecule has 0 spiro atoms. The fourth-order valence-electron chi connectivity index (χ4n) is 3.00. The van der Waals surface area contributed by atoms with Gasteiger partial charge in [-0.1, -0.05) is 41.7 Å². The Morgan fingerprint density at radius 2 is 1.45 bits per heavy atom. The Morgan fingerprint density at radius 1 is 0.806 bits per heavy atom. The first-order valence-electron chi connectivity index (χ1n) is 11.9. The Balaban J connectivity index is 4.37. The van der Waals surface area contributed by atoms with Crippen molar-refractivity contribution in [3.05, 3.63) is 34.9 Å². The lowest BCUT2D eigenvalue weighted by Crippen LogP contribution is -2.23. The molecule has 4 heteroatoms. The van der Waals surface area contributed by atoms with Crippen LogP contribution in [0.2, 0.25) is 0 Å². The molecular weight excluding hydrogens is 388 g/mol. The van der Waals surface area contributed by atoms with Gasteiger partial charge in [0.1, 0.15) is 0 Å². The number of hydrogen-bond donors (Lipinski definition) is 0. The highest BCUT2D eigenvalue weighted by atomic mass is 16.5. The first-order chi connectivity index (χ1) is 14.6. The molecule has 0 bridgehead atoms. The summed E-state index contributed by atoms with van der Waals surface area (Å²) in [4.78, 5) is 23.7. The minimum absolute atomic E-state index is 0.142. The minimum Gasteiger partial charge on any atom is -0.465 e. The number of hydrogen-bond acceptors (Lipinski definition) is 4. The molecule has 0 aromatic rings. The molecule has 4 nitrogen and oxygen atoms in total. The van der Waals surface area contributed by atoms with Crippen LogP contribution in [0.1, 0.15) is 106 Å². The number of unbranched alkanes of at least 4 members (excludes halogenated alkanes) is 3. The van der Waals surface area contributed by atoms with Gasteiger partial charge in [-0.3, -0.25) is 4.79 Å². The Kier molecular flexibility index (Phi) is 15.8. The summed E-state index contributed by atoms with van der Waals surface area (Å²) in [6, 6.07) is 0. The SMILES string of the molecule is CCOC(=O)/C=C(/CC/C=C(\C)CCC=C(C)C)CCCCCCOC(=O)C(C)(C)C. The average Bonchev–Trinajstić information content (AvgIpc) is 2.65. The molecule has 0 unspecified atom stereocenters. The number of esters is 2. The molecule has 0 saturated heterocycles. The van der Waals surface area contributed by atoms with Gasteiger partial charge in [0, 0.05) is 6.08 Å². The maximum atomic E-state index is 11.9. The number of allylic oxidation sites excluding steroid dienone is 5. The first kappa shape index (κ1) is 29.2. The summed E-state index contributed by atoms with van der Waals surface area (Å²) in [5.41, 5.74) is 3.48. The van der Waals surface area contributed by atoms with E-state index in [1.807, 2.05) is 27.7 Å². The van der Waals surface area contributed by atoms with Gasteiger partial charge in [0.2, 0.25) is 0 Å². The van der Waals surface area contributed by atoms with Gasteiger partial charge in [-0.15, -0.1) is 0 Å². The van der Waals surface area contributed by atoms with Crippen molar-refractivity contribution in [3.8, 4) is 0 Å². The maximum Gasteiger partial charge on any atom is 0.330 e. The van der Waals surface area contributed by atoms with Crippen molar-refractivity contribution in [1.29, 1.82) is 0 Å². The molecule has 0 amide bonds. The Labute approximate surface area is 191 Å². The van der Waals surface area contributed by atoms with Crippen LogP contribution in [0.3, 0.4) is 0 Å². The van der Waals surface area contributed by atoms with Gasteiger partial charge in [-0.25, -0.2) is 4.79 Å². The molecule has 31 heavy (non-hydrogen) atoms. The van der Waals surface area contributed by atoms with Crippen LogP contribution in [0.25, 0.3) is 0 Å². The monoisotopic (exact) mass is 434 g/mol. The van der Waals surface area contributed by atoms with E-state index in [1.54, 1.807) is 6.08 Å². The molecule has 0 atom stereocenters. The van der Waals surface area contributed by atoms with Crippen molar-refractivity contribution in [2.75, 3.05) is 13.2 Å². The van der Waals surface area contributed by atoms with E-state index in [4.69, 9.17) is 9.47 Å². The lowest BCUT2D eigenvalue weighted by Gasteiger charge is -2.16. The molecule has 0 aromatic heterocycles. The fourth-order valence-corrected chi connectivity index (χ4v) is 3.00. The van der Waals surface area contributed by atoms with Gasteiger partial charge in [0.25, 0.3) is 0 Å². The molecule has 0 aliphatic rings. The zero-order chi connectivity index (χ0) is 23.7. The second-order valence-corrected chi connectivity index (χ2v) is 9.51. The van der Waals surface area contributed by atoms with E-state index < -0.39 is 5.41 Å². The maximum absolute atomic E-state index is 11.9. The molecule has 0 aliphatic heterocycles. The van der Waals surface area contributed by atoms with Gasteiger partial charge in [-0.2, -0.15) is 0 Å².